The van der Waals surface area contributed by atoms with Crippen molar-refractivity contribution in [3.8, 4) is 11.4 Å². The van der Waals surface area contributed by atoms with Crippen LogP contribution in [0.15, 0.2) is 149 Å². The summed E-state index contributed by atoms with van der Waals surface area (Å²) >= 11 is 1.92. The van der Waals surface area contributed by atoms with E-state index in [9.17, 15) is 0 Å². The van der Waals surface area contributed by atoms with Gasteiger partial charge in [0.05, 0.1) is 16.6 Å². The Morgan fingerprint density at radius 3 is 1.98 bits per heavy atom. The smallest absolute Gasteiger partial charge is 0.249 e. The Hall–Kier alpha value is -5.19. The monoisotopic (exact) mass is 574 g/mol. The van der Waals surface area contributed by atoms with Crippen LogP contribution >= 0.6 is 11.8 Å². The van der Waals surface area contributed by atoms with E-state index in [0.29, 0.717) is 0 Å². The molecule has 44 heavy (non-hydrogen) atoms. The average Bonchev–Trinajstić information content (AvgIpc) is 3.61. The Kier molecular flexibility index (Phi) is 4.37. The van der Waals surface area contributed by atoms with Crippen LogP contribution < -0.4 is 16.4 Å². The van der Waals surface area contributed by atoms with Crippen molar-refractivity contribution in [2.75, 3.05) is 0 Å². The molecule has 0 amide bonds. The van der Waals surface area contributed by atoms with Crippen LogP contribution in [0.25, 0.3) is 65.8 Å². The highest BCUT2D eigenvalue weighted by atomic mass is 32.2. The van der Waals surface area contributed by atoms with Crippen molar-refractivity contribution in [1.29, 1.82) is 0 Å². The molecule has 2 aromatic heterocycles. The van der Waals surface area contributed by atoms with E-state index in [1.54, 1.807) is 0 Å². The molecule has 0 saturated heterocycles. The molecule has 11 rings (SSSR count). The number of aromatic nitrogens is 2. The van der Waals surface area contributed by atoms with Crippen molar-refractivity contribution in [3.63, 3.8) is 0 Å². The molecule has 2 aliphatic heterocycles. The molecule has 7 aromatic carbocycles. The maximum absolute atomic E-state index is 2.55. The van der Waals surface area contributed by atoms with E-state index in [1.165, 1.54) is 91.9 Å². The summed E-state index contributed by atoms with van der Waals surface area (Å²) in [7, 11) is 0. The zero-order chi connectivity index (χ0) is 28.5. The van der Waals surface area contributed by atoms with Crippen LogP contribution in [0.1, 0.15) is 0 Å². The van der Waals surface area contributed by atoms with Gasteiger partial charge in [0.1, 0.15) is 0 Å². The Balaban J connectivity index is 1.34. The molecular formula is C40H23BN2S. The number of hydrogen-bond donors (Lipinski definition) is 0. The fourth-order valence-electron chi connectivity index (χ4n) is 8.22. The van der Waals surface area contributed by atoms with Crippen LogP contribution in [0.5, 0.6) is 0 Å². The lowest BCUT2D eigenvalue weighted by molar-refractivity contribution is 1.12. The molecular weight excluding hydrogens is 551 g/mol. The zero-order valence-electron chi connectivity index (χ0n) is 23.7. The number of nitrogens with zero attached hydrogens (tertiary/aromatic N) is 2. The van der Waals surface area contributed by atoms with Gasteiger partial charge in [-0.25, -0.2) is 0 Å². The molecule has 2 nitrogen and oxygen atoms in total. The van der Waals surface area contributed by atoms with Gasteiger partial charge in [-0.15, -0.1) is 0 Å². The van der Waals surface area contributed by atoms with Gasteiger partial charge in [-0.2, -0.15) is 0 Å². The first-order valence-corrected chi connectivity index (χ1v) is 16.1. The van der Waals surface area contributed by atoms with Gasteiger partial charge in [0.25, 0.3) is 0 Å². The summed E-state index contributed by atoms with van der Waals surface area (Å²) in [5.74, 6) is 0. The first-order chi connectivity index (χ1) is 21.8. The molecule has 0 spiro atoms. The van der Waals surface area contributed by atoms with Crippen molar-refractivity contribution < 1.29 is 0 Å². The van der Waals surface area contributed by atoms with Crippen LogP contribution in [0.4, 0.5) is 0 Å². The average molecular weight is 575 g/mol. The lowest BCUT2D eigenvalue weighted by atomic mass is 9.35. The van der Waals surface area contributed by atoms with Gasteiger partial charge in [0.2, 0.25) is 6.71 Å². The van der Waals surface area contributed by atoms with Crippen molar-refractivity contribution in [2.24, 2.45) is 0 Å². The Labute approximate surface area is 258 Å². The van der Waals surface area contributed by atoms with Crippen molar-refractivity contribution >= 4 is 89.2 Å². The Morgan fingerprint density at radius 2 is 1.11 bits per heavy atom. The number of para-hydroxylation sites is 3. The van der Waals surface area contributed by atoms with E-state index in [-0.39, 0.29) is 6.71 Å². The SMILES string of the molecule is c1ccc2c(c1)Sc1cc(-n3c4ccccc4c4ccc5ccccc5c43)cc3c1B2c1cccc2c4ccccc4n-3c12. The van der Waals surface area contributed by atoms with Crippen LogP contribution in [-0.2, 0) is 0 Å². The molecule has 4 heteroatoms. The second-order valence-corrected chi connectivity index (χ2v) is 13.2. The summed E-state index contributed by atoms with van der Waals surface area (Å²) in [6.45, 7) is 0.200. The minimum absolute atomic E-state index is 0.200. The number of fused-ring (bicyclic) bond motifs is 12. The first kappa shape index (κ1) is 23.3. The van der Waals surface area contributed by atoms with Crippen molar-refractivity contribution in [1.82, 2.24) is 9.13 Å². The van der Waals surface area contributed by atoms with Gasteiger partial charge in [-0.1, -0.05) is 126 Å². The third-order valence-electron chi connectivity index (χ3n) is 9.94. The minimum Gasteiger partial charge on any atom is -0.310 e. The lowest BCUT2D eigenvalue weighted by Crippen LogP contribution is -2.58. The maximum Gasteiger partial charge on any atom is 0.249 e. The molecule has 2 aliphatic rings. The molecule has 0 N–H and O–H groups in total. The minimum atomic E-state index is 0.200. The quantitative estimate of drug-likeness (QED) is 0.179. The van der Waals surface area contributed by atoms with Gasteiger partial charge in [0, 0.05) is 53.6 Å². The molecule has 202 valence electrons. The maximum atomic E-state index is 2.55. The van der Waals surface area contributed by atoms with Gasteiger partial charge >= 0.3 is 0 Å². The second kappa shape index (κ2) is 8.25. The summed E-state index contributed by atoms with van der Waals surface area (Å²) < 4.78 is 5.07. The molecule has 0 radical (unpaired) electrons. The fraction of sp³-hybridized carbons (Fsp3) is 0. The normalized spacial score (nSPS) is 13.3. The zero-order valence-corrected chi connectivity index (χ0v) is 24.5. The first-order valence-electron chi connectivity index (χ1n) is 15.2. The van der Waals surface area contributed by atoms with E-state index >= 15 is 0 Å². The van der Waals surface area contributed by atoms with E-state index in [2.05, 4.69) is 149 Å². The third-order valence-corrected chi connectivity index (χ3v) is 11.1. The predicted octanol–water partition coefficient (Wildman–Crippen LogP) is 8.33. The molecule has 0 aliphatic carbocycles. The Morgan fingerprint density at radius 1 is 0.455 bits per heavy atom. The second-order valence-electron chi connectivity index (χ2n) is 12.1. The fourth-order valence-corrected chi connectivity index (χ4v) is 9.42. The lowest BCUT2D eigenvalue weighted by Gasteiger charge is -2.33. The molecule has 0 atom stereocenters. The van der Waals surface area contributed by atoms with E-state index < -0.39 is 0 Å². The van der Waals surface area contributed by atoms with Gasteiger partial charge in [-0.3, -0.25) is 0 Å². The summed E-state index contributed by atoms with van der Waals surface area (Å²) in [4.78, 5) is 2.69. The summed E-state index contributed by atoms with van der Waals surface area (Å²) in [6.07, 6.45) is 0. The van der Waals surface area contributed by atoms with Crippen molar-refractivity contribution in [2.45, 2.75) is 9.79 Å². The number of hydrogen-bond acceptors (Lipinski definition) is 1. The summed E-state index contributed by atoms with van der Waals surface area (Å²) in [5, 5.41) is 7.76. The third kappa shape index (κ3) is 2.80. The van der Waals surface area contributed by atoms with Crippen molar-refractivity contribution in [3.05, 3.63) is 140 Å². The van der Waals surface area contributed by atoms with E-state index in [4.69, 9.17) is 0 Å². The highest BCUT2D eigenvalue weighted by Crippen LogP contribution is 2.42. The highest BCUT2D eigenvalue weighted by molar-refractivity contribution is 8.00. The van der Waals surface area contributed by atoms with Crippen LogP contribution in [-0.4, -0.2) is 15.8 Å². The summed E-state index contributed by atoms with van der Waals surface area (Å²) in [5.41, 5.74) is 11.8. The number of rotatable bonds is 1. The van der Waals surface area contributed by atoms with Crippen LogP contribution in [0, 0.1) is 0 Å². The van der Waals surface area contributed by atoms with Crippen LogP contribution in [0.3, 0.4) is 0 Å². The molecule has 0 bridgehead atoms. The standard InChI is InChI=1S/C40H23BN2S/c1-2-11-26-24(10-1)20-21-30-28-13-3-6-17-33(28)42(39(26)30)25-22-35-38-37(23-25)44-36-19-8-5-15-31(36)41(38)32-16-9-14-29-27-12-4-7-18-34(27)43(35)40(29)32/h1-23H. The number of benzene rings is 7. The predicted molar refractivity (Wildman–Crippen MR) is 188 cm³/mol. The highest BCUT2D eigenvalue weighted by Gasteiger charge is 2.39. The molecule has 9 aromatic rings. The van der Waals surface area contributed by atoms with Gasteiger partial charge < -0.3 is 9.13 Å². The van der Waals surface area contributed by atoms with E-state index in [0.717, 1.165) is 0 Å². The molecule has 4 heterocycles. The summed E-state index contributed by atoms with van der Waals surface area (Å²) in [6, 6.07) is 52.0. The van der Waals surface area contributed by atoms with Gasteiger partial charge in [0.15, 0.2) is 0 Å². The molecule has 0 saturated carbocycles. The van der Waals surface area contributed by atoms with Gasteiger partial charge in [-0.05, 0) is 46.6 Å². The molecule has 0 fully saturated rings. The largest absolute Gasteiger partial charge is 0.310 e. The Bertz CT molecular complexity index is 2710. The molecule has 0 unspecified atom stereocenters. The van der Waals surface area contributed by atoms with Crippen LogP contribution in [0.2, 0.25) is 0 Å². The topological polar surface area (TPSA) is 9.86 Å². The van der Waals surface area contributed by atoms with E-state index in [1.807, 2.05) is 11.8 Å².